The van der Waals surface area contributed by atoms with Gasteiger partial charge in [-0.15, -0.1) is 0 Å². The van der Waals surface area contributed by atoms with Crippen LogP contribution in [0.1, 0.15) is 23.7 Å². The van der Waals surface area contributed by atoms with Crippen LogP contribution < -0.4 is 15.5 Å². The highest BCUT2D eigenvalue weighted by molar-refractivity contribution is 5.76. The van der Waals surface area contributed by atoms with Crippen molar-refractivity contribution in [2.75, 3.05) is 44.2 Å². The molecule has 0 saturated heterocycles. The van der Waals surface area contributed by atoms with Crippen LogP contribution in [-0.4, -0.2) is 71.2 Å². The Labute approximate surface area is 214 Å². The normalized spacial score (nSPS) is 14.4. The second-order valence-electron chi connectivity index (χ2n) is 8.93. The largest absolute Gasteiger partial charge is 0.389 e. The van der Waals surface area contributed by atoms with Gasteiger partial charge in [0.05, 0.1) is 19.3 Å². The Hall–Kier alpha value is -3.41. The molecule has 37 heavy (non-hydrogen) atoms. The molecule has 0 bridgehead atoms. The van der Waals surface area contributed by atoms with Gasteiger partial charge in [0.1, 0.15) is 30.4 Å². The maximum absolute atomic E-state index is 14.3. The van der Waals surface area contributed by atoms with Gasteiger partial charge in [-0.2, -0.15) is 5.10 Å². The molecule has 0 aliphatic carbocycles. The van der Waals surface area contributed by atoms with E-state index in [0.717, 1.165) is 25.1 Å². The van der Waals surface area contributed by atoms with E-state index in [1.54, 1.807) is 0 Å². The van der Waals surface area contributed by atoms with E-state index in [1.165, 1.54) is 34.7 Å². The van der Waals surface area contributed by atoms with Crippen LogP contribution in [0, 0.1) is 11.6 Å². The summed E-state index contributed by atoms with van der Waals surface area (Å²) in [5.74, 6) is -1.44. The second kappa shape index (κ2) is 13.2. The molecule has 2 atom stereocenters. The van der Waals surface area contributed by atoms with E-state index in [1.807, 2.05) is 12.1 Å². The van der Waals surface area contributed by atoms with Gasteiger partial charge in [0.2, 0.25) is 5.91 Å². The smallest absolute Gasteiger partial charge is 0.221 e. The number of benzene rings is 2. The Morgan fingerprint density at radius 2 is 2.05 bits per heavy atom. The Bertz CT molecular complexity index is 1150. The third kappa shape index (κ3) is 7.78. The molecule has 1 aromatic heterocycles. The van der Waals surface area contributed by atoms with E-state index in [4.69, 9.17) is 4.74 Å². The lowest BCUT2D eigenvalue weighted by atomic mass is 10.1. The van der Waals surface area contributed by atoms with E-state index in [2.05, 4.69) is 37.7 Å². The fourth-order valence-electron chi connectivity index (χ4n) is 4.31. The van der Waals surface area contributed by atoms with Crippen molar-refractivity contribution >= 4 is 11.6 Å². The van der Waals surface area contributed by atoms with Crippen LogP contribution in [0.15, 0.2) is 55.1 Å². The summed E-state index contributed by atoms with van der Waals surface area (Å²) in [5.41, 5.74) is 2.69. The zero-order valence-electron chi connectivity index (χ0n) is 20.5. The van der Waals surface area contributed by atoms with Gasteiger partial charge in [0.15, 0.2) is 0 Å². The number of aliphatic hydroxyl groups excluding tert-OH is 1. The van der Waals surface area contributed by atoms with Crippen molar-refractivity contribution in [2.24, 2.45) is 0 Å². The molecule has 1 amide bonds. The molecule has 2 heterocycles. The van der Waals surface area contributed by atoms with Crippen molar-refractivity contribution in [1.82, 2.24) is 25.4 Å². The highest BCUT2D eigenvalue weighted by Gasteiger charge is 2.20. The number of fused-ring (bicyclic) bond motifs is 1. The molecule has 2 aromatic carbocycles. The van der Waals surface area contributed by atoms with E-state index < -0.39 is 23.8 Å². The molecule has 0 spiro atoms. The number of hydrogen-bond acceptors (Lipinski definition) is 7. The lowest BCUT2D eigenvalue weighted by molar-refractivity contribution is -0.120. The first-order valence-electron chi connectivity index (χ1n) is 12.4. The summed E-state index contributed by atoms with van der Waals surface area (Å²) in [5, 5.41) is 20.3. The van der Waals surface area contributed by atoms with Crippen molar-refractivity contribution in [1.29, 1.82) is 0 Å². The van der Waals surface area contributed by atoms with E-state index in [0.29, 0.717) is 26.1 Å². The van der Waals surface area contributed by atoms with E-state index >= 15 is 0 Å². The van der Waals surface area contributed by atoms with Gasteiger partial charge < -0.3 is 25.4 Å². The number of nitrogens with zero attached hydrogens (tertiary/aromatic N) is 4. The maximum Gasteiger partial charge on any atom is 0.221 e. The van der Waals surface area contributed by atoms with Crippen LogP contribution in [-0.2, 0) is 22.5 Å². The molecule has 2 unspecified atom stereocenters. The number of rotatable bonds is 14. The molecule has 198 valence electrons. The average Bonchev–Trinajstić information content (AvgIpc) is 3.55. The Balaban J connectivity index is 1.13. The minimum Gasteiger partial charge on any atom is -0.389 e. The van der Waals surface area contributed by atoms with Crippen molar-refractivity contribution in [3.63, 3.8) is 0 Å². The van der Waals surface area contributed by atoms with Crippen molar-refractivity contribution < 1.29 is 23.4 Å². The summed E-state index contributed by atoms with van der Waals surface area (Å²) in [6.07, 6.45) is 2.58. The van der Waals surface area contributed by atoms with Gasteiger partial charge in [-0.05, 0) is 24.1 Å². The van der Waals surface area contributed by atoms with Crippen LogP contribution in [0.5, 0.6) is 0 Å². The molecule has 3 aromatic rings. The summed E-state index contributed by atoms with van der Waals surface area (Å²) >= 11 is 0. The van der Waals surface area contributed by atoms with Gasteiger partial charge >= 0.3 is 0 Å². The summed E-state index contributed by atoms with van der Waals surface area (Å²) in [4.78, 5) is 18.3. The van der Waals surface area contributed by atoms with E-state index in [9.17, 15) is 18.7 Å². The fraction of sp³-hybridized carbons (Fsp3) is 0.423. The van der Waals surface area contributed by atoms with Crippen molar-refractivity contribution in [3.05, 3.63) is 77.9 Å². The molecule has 4 rings (SSSR count). The monoisotopic (exact) mass is 514 g/mol. The molecule has 0 saturated carbocycles. The van der Waals surface area contributed by atoms with Crippen LogP contribution in [0.2, 0.25) is 0 Å². The second-order valence-corrected chi connectivity index (χ2v) is 8.93. The minimum atomic E-state index is -0.868. The van der Waals surface area contributed by atoms with Crippen molar-refractivity contribution in [3.8, 4) is 0 Å². The zero-order valence-corrected chi connectivity index (χ0v) is 20.5. The Kier molecular flexibility index (Phi) is 9.52. The highest BCUT2D eigenvalue weighted by atomic mass is 19.1. The van der Waals surface area contributed by atoms with E-state index in [-0.39, 0.29) is 31.2 Å². The molecular formula is C26H32F2N6O3. The lowest BCUT2D eigenvalue weighted by Gasteiger charge is -2.21. The number of aliphatic hydroxyl groups is 1. The number of amides is 1. The minimum absolute atomic E-state index is 0.0210. The Morgan fingerprint density at radius 3 is 2.86 bits per heavy atom. The zero-order chi connectivity index (χ0) is 26.0. The number of halogens is 2. The van der Waals surface area contributed by atoms with Gasteiger partial charge in [-0.3, -0.25) is 9.48 Å². The lowest BCUT2D eigenvalue weighted by Crippen LogP contribution is -2.37. The number of ether oxygens (including phenoxy) is 1. The van der Waals surface area contributed by atoms with Crippen LogP contribution >= 0.6 is 0 Å². The quantitative estimate of drug-likeness (QED) is 0.282. The van der Waals surface area contributed by atoms with Crippen LogP contribution in [0.3, 0.4) is 0 Å². The number of aromatic nitrogens is 3. The molecule has 1 aliphatic heterocycles. The van der Waals surface area contributed by atoms with Crippen LogP contribution in [0.25, 0.3) is 0 Å². The summed E-state index contributed by atoms with van der Waals surface area (Å²) in [6, 6.07) is 11.5. The number of carbonyl (C=O) groups excluding carboxylic acids is 1. The van der Waals surface area contributed by atoms with Gasteiger partial charge in [0, 0.05) is 56.5 Å². The third-order valence-corrected chi connectivity index (χ3v) is 6.21. The SMILES string of the molecule is O=C(CCN1CCc2ccccc21)NCCNCC(O)COC(Cn1cncn1)c1ccc(F)cc1F. The summed E-state index contributed by atoms with van der Waals surface area (Å²) in [7, 11) is 0. The predicted octanol–water partition coefficient (Wildman–Crippen LogP) is 1.83. The summed E-state index contributed by atoms with van der Waals surface area (Å²) in [6.45, 7) is 2.81. The first-order valence-corrected chi connectivity index (χ1v) is 12.4. The number of para-hydroxylation sites is 1. The molecule has 1 aliphatic rings. The van der Waals surface area contributed by atoms with Crippen molar-refractivity contribution in [2.45, 2.75) is 31.6 Å². The van der Waals surface area contributed by atoms with Gasteiger partial charge in [-0.25, -0.2) is 13.8 Å². The highest BCUT2D eigenvalue weighted by Crippen LogP contribution is 2.27. The number of carbonyl (C=O) groups is 1. The predicted molar refractivity (Wildman–Crippen MR) is 134 cm³/mol. The summed E-state index contributed by atoms with van der Waals surface area (Å²) < 4.78 is 34.9. The number of nitrogens with one attached hydrogen (secondary N) is 2. The Morgan fingerprint density at radius 1 is 1.19 bits per heavy atom. The molecule has 9 nitrogen and oxygen atoms in total. The number of hydrogen-bond donors (Lipinski definition) is 3. The molecule has 0 fully saturated rings. The molecule has 11 heteroatoms. The fourth-order valence-corrected chi connectivity index (χ4v) is 4.31. The topological polar surface area (TPSA) is 105 Å². The molecule has 0 radical (unpaired) electrons. The standard InChI is InChI=1S/C26H32F2N6O3/c27-20-5-6-22(23(28)13-20)25(15-34-18-30-17-32-34)37-16-21(35)14-29-9-10-31-26(36)8-12-33-11-7-19-3-1-2-4-24(19)33/h1-6,13,17-18,21,25,29,35H,7-12,14-16H2,(H,31,36). The van der Waals surface area contributed by atoms with Gasteiger partial charge in [-0.1, -0.05) is 24.3 Å². The average molecular weight is 515 g/mol. The first-order chi connectivity index (χ1) is 18.0. The first kappa shape index (κ1) is 26.6. The molecule has 3 N–H and O–H groups in total. The number of anilines is 1. The third-order valence-electron chi connectivity index (χ3n) is 6.21. The maximum atomic E-state index is 14.3. The molecular weight excluding hydrogens is 482 g/mol. The van der Waals surface area contributed by atoms with Gasteiger partial charge in [0.25, 0.3) is 0 Å². The van der Waals surface area contributed by atoms with Crippen LogP contribution in [0.4, 0.5) is 14.5 Å².